The first-order chi connectivity index (χ1) is 16.5. The maximum Gasteiger partial charge on any atom is 0.416 e. The summed E-state index contributed by atoms with van der Waals surface area (Å²) < 4.78 is 57.3. The third-order valence-electron chi connectivity index (χ3n) is 5.60. The average Bonchev–Trinajstić information content (AvgIpc) is 2.74. The summed E-state index contributed by atoms with van der Waals surface area (Å²) in [5.41, 5.74) is -3.28. The van der Waals surface area contributed by atoms with Crippen molar-refractivity contribution in [2.75, 3.05) is 13.8 Å². The van der Waals surface area contributed by atoms with Gasteiger partial charge in [-0.3, -0.25) is 4.79 Å². The van der Waals surface area contributed by atoms with Crippen LogP contribution in [-0.4, -0.2) is 42.9 Å². The predicted molar refractivity (Wildman–Crippen MR) is 119 cm³/mol. The second-order valence-electron chi connectivity index (χ2n) is 9.28. The van der Waals surface area contributed by atoms with Crippen LogP contribution in [0.1, 0.15) is 58.6 Å². The van der Waals surface area contributed by atoms with Crippen LogP contribution in [0.5, 0.6) is 0 Å². The van der Waals surface area contributed by atoms with Gasteiger partial charge in [0.1, 0.15) is 6.73 Å². The minimum Gasteiger partial charge on any atom is -0.545 e. The molecule has 1 aliphatic heterocycles. The van der Waals surface area contributed by atoms with E-state index in [1.54, 1.807) is 20.8 Å². The fourth-order valence-electron chi connectivity index (χ4n) is 3.84. The molecule has 198 valence electrons. The van der Waals surface area contributed by atoms with E-state index >= 15 is 0 Å². The van der Waals surface area contributed by atoms with E-state index in [2.05, 4.69) is 0 Å². The highest BCUT2D eigenvalue weighted by atomic mass is 19.4. The number of methoxy groups -OCH3 is 1. The summed E-state index contributed by atoms with van der Waals surface area (Å²) in [6.07, 6.45) is -6.25. The number of carboxylic acid groups (broad SMARTS) is 1. The van der Waals surface area contributed by atoms with Crippen LogP contribution in [0.4, 0.5) is 13.2 Å². The Labute approximate surface area is 207 Å². The van der Waals surface area contributed by atoms with Gasteiger partial charge in [-0.25, -0.2) is 4.79 Å². The van der Waals surface area contributed by atoms with Crippen molar-refractivity contribution >= 4 is 17.9 Å². The minimum atomic E-state index is -4.84. The fourth-order valence-corrected chi connectivity index (χ4v) is 3.84. The molecule has 0 spiro atoms. The van der Waals surface area contributed by atoms with E-state index in [9.17, 15) is 32.7 Å². The molecule has 0 aliphatic carbocycles. The van der Waals surface area contributed by atoms with Gasteiger partial charge in [-0.1, -0.05) is 18.2 Å². The first-order valence-electron chi connectivity index (χ1n) is 11.0. The molecular formula is C25H29F3NO7-. The van der Waals surface area contributed by atoms with Crippen molar-refractivity contribution in [2.24, 2.45) is 5.41 Å². The van der Waals surface area contributed by atoms with Gasteiger partial charge in [-0.2, -0.15) is 13.2 Å². The summed E-state index contributed by atoms with van der Waals surface area (Å²) in [6.45, 7) is 8.64. The molecule has 0 radical (unpaired) electrons. The van der Waals surface area contributed by atoms with Crippen LogP contribution < -0.4 is 5.11 Å². The second kappa shape index (κ2) is 10.7. The molecular weight excluding hydrogens is 483 g/mol. The quantitative estimate of drug-likeness (QED) is 0.404. The van der Waals surface area contributed by atoms with Crippen LogP contribution in [0.15, 0.2) is 46.8 Å². The fraction of sp³-hybridized carbons (Fsp3) is 0.480. The zero-order valence-electron chi connectivity index (χ0n) is 21.1. The van der Waals surface area contributed by atoms with Crippen molar-refractivity contribution in [3.05, 3.63) is 57.9 Å². The molecule has 0 bridgehead atoms. The highest BCUT2D eigenvalue weighted by Crippen LogP contribution is 2.46. The van der Waals surface area contributed by atoms with Gasteiger partial charge in [0.05, 0.1) is 22.5 Å². The number of benzene rings is 1. The van der Waals surface area contributed by atoms with Gasteiger partial charge in [0.2, 0.25) is 6.29 Å². The Hall–Kier alpha value is -3.34. The van der Waals surface area contributed by atoms with Crippen LogP contribution in [-0.2, 0) is 34.8 Å². The van der Waals surface area contributed by atoms with E-state index in [-0.39, 0.29) is 23.7 Å². The predicted octanol–water partition coefficient (Wildman–Crippen LogP) is 3.48. The summed E-state index contributed by atoms with van der Waals surface area (Å²) >= 11 is 0. The van der Waals surface area contributed by atoms with Crippen LogP contribution >= 0.6 is 0 Å². The molecule has 0 aromatic heterocycles. The van der Waals surface area contributed by atoms with Crippen molar-refractivity contribution in [3.8, 4) is 0 Å². The van der Waals surface area contributed by atoms with E-state index in [0.29, 0.717) is 0 Å². The van der Waals surface area contributed by atoms with E-state index in [4.69, 9.17) is 14.2 Å². The Morgan fingerprint density at radius 2 is 1.58 bits per heavy atom. The number of carbonyl (C=O) groups excluding carboxylic acids is 3. The lowest BCUT2D eigenvalue weighted by molar-refractivity contribution is -0.299. The van der Waals surface area contributed by atoms with Crippen molar-refractivity contribution in [2.45, 2.75) is 59.9 Å². The lowest BCUT2D eigenvalue weighted by atomic mass is 9.78. The molecule has 2 unspecified atom stereocenters. The van der Waals surface area contributed by atoms with Gasteiger partial charge in [-0.05, 0) is 46.2 Å². The molecule has 8 nitrogen and oxygen atoms in total. The summed E-state index contributed by atoms with van der Waals surface area (Å²) in [5, 5.41) is 12.3. The Kier molecular flexibility index (Phi) is 8.61. The van der Waals surface area contributed by atoms with E-state index in [0.717, 1.165) is 18.2 Å². The number of ether oxygens (including phenoxy) is 3. The van der Waals surface area contributed by atoms with Gasteiger partial charge < -0.3 is 29.0 Å². The number of allylic oxidation sites excluding steroid dienone is 2. The molecule has 0 amide bonds. The zero-order valence-corrected chi connectivity index (χ0v) is 21.1. The van der Waals surface area contributed by atoms with E-state index in [1.807, 2.05) is 0 Å². The molecule has 2 rings (SSSR count). The molecule has 0 saturated carbocycles. The lowest BCUT2D eigenvalue weighted by Crippen LogP contribution is -2.40. The normalized spacial score (nSPS) is 17.7. The number of carboxylic acids is 1. The topological polar surface area (TPSA) is 105 Å². The average molecular weight is 513 g/mol. The molecule has 0 N–H and O–H groups in total. The highest BCUT2D eigenvalue weighted by molar-refractivity contribution is 5.98. The number of aliphatic carboxylic acids is 1. The van der Waals surface area contributed by atoms with Crippen molar-refractivity contribution in [1.29, 1.82) is 0 Å². The SMILES string of the molecule is COCN1C(C)=C(C(=O)[O-])C(c2ccccc2C(F)(F)F)C(C(=O)OC(C)OC(=O)C(C)(C)C)=C1C. The maximum absolute atomic E-state index is 13.9. The Balaban J connectivity index is 2.71. The maximum atomic E-state index is 13.9. The lowest BCUT2D eigenvalue weighted by Gasteiger charge is -2.39. The highest BCUT2D eigenvalue weighted by Gasteiger charge is 2.43. The molecule has 1 aromatic carbocycles. The van der Waals surface area contributed by atoms with Gasteiger partial charge in [0.15, 0.2) is 0 Å². The van der Waals surface area contributed by atoms with E-state index < -0.39 is 58.4 Å². The third-order valence-corrected chi connectivity index (χ3v) is 5.60. The largest absolute Gasteiger partial charge is 0.545 e. The Morgan fingerprint density at radius 1 is 1.03 bits per heavy atom. The van der Waals surface area contributed by atoms with Crippen molar-refractivity contribution < 1.29 is 46.9 Å². The Bertz CT molecular complexity index is 1100. The molecule has 11 heteroatoms. The van der Waals surface area contributed by atoms with Crippen LogP contribution in [0, 0.1) is 5.41 Å². The summed E-state index contributed by atoms with van der Waals surface area (Å²) in [7, 11) is 1.33. The smallest absolute Gasteiger partial charge is 0.416 e. The zero-order chi connectivity index (χ0) is 27.6. The molecule has 1 heterocycles. The van der Waals surface area contributed by atoms with Crippen LogP contribution in [0.25, 0.3) is 0 Å². The minimum absolute atomic E-state index is 0.0417. The first-order valence-corrected chi connectivity index (χ1v) is 11.0. The Morgan fingerprint density at radius 3 is 2.08 bits per heavy atom. The molecule has 2 atom stereocenters. The number of carbonyl (C=O) groups is 3. The molecule has 1 aromatic rings. The van der Waals surface area contributed by atoms with Gasteiger partial charge in [0.25, 0.3) is 0 Å². The summed E-state index contributed by atoms with van der Waals surface area (Å²) in [5.74, 6) is -5.28. The van der Waals surface area contributed by atoms with Crippen molar-refractivity contribution in [1.82, 2.24) is 4.90 Å². The summed E-state index contributed by atoms with van der Waals surface area (Å²) in [4.78, 5) is 39.1. The van der Waals surface area contributed by atoms with Crippen LogP contribution in [0.3, 0.4) is 0 Å². The van der Waals surface area contributed by atoms with E-state index in [1.165, 1.54) is 38.8 Å². The number of hydrogen-bond acceptors (Lipinski definition) is 8. The first kappa shape index (κ1) is 28.9. The van der Waals surface area contributed by atoms with Gasteiger partial charge in [-0.15, -0.1) is 0 Å². The number of alkyl halides is 3. The number of rotatable bonds is 7. The molecule has 0 fully saturated rings. The molecule has 36 heavy (non-hydrogen) atoms. The number of halogens is 3. The third kappa shape index (κ3) is 6.07. The van der Waals surface area contributed by atoms with Gasteiger partial charge in [0, 0.05) is 36.9 Å². The number of esters is 2. The standard InChI is InChI=1S/C25H30F3NO7/c1-13-18(21(30)31)20(16-10-8-9-11-17(16)25(26,27)28)19(14(2)29(13)12-34-7)22(32)35-15(3)36-23(33)24(4,5)6/h8-11,15,20H,12H2,1-7H3,(H,30,31)/p-1. The van der Waals surface area contributed by atoms with Crippen LogP contribution in [0.2, 0.25) is 0 Å². The monoisotopic (exact) mass is 512 g/mol. The summed E-state index contributed by atoms with van der Waals surface area (Å²) in [6, 6.07) is 4.36. The number of hydrogen-bond donors (Lipinski definition) is 0. The second-order valence-corrected chi connectivity index (χ2v) is 9.28. The van der Waals surface area contributed by atoms with Crippen molar-refractivity contribution in [3.63, 3.8) is 0 Å². The van der Waals surface area contributed by atoms with Gasteiger partial charge >= 0.3 is 18.1 Å². The number of nitrogens with zero attached hydrogens (tertiary/aromatic N) is 1. The molecule has 0 saturated heterocycles. The molecule has 1 aliphatic rings.